The van der Waals surface area contributed by atoms with Gasteiger partial charge in [-0.2, -0.15) is 0 Å². The van der Waals surface area contributed by atoms with Crippen LogP contribution in [0.2, 0.25) is 0 Å². The summed E-state index contributed by atoms with van der Waals surface area (Å²) in [6, 6.07) is 0. The lowest BCUT2D eigenvalue weighted by Crippen LogP contribution is -2.52. The molecule has 0 saturated heterocycles. The van der Waals surface area contributed by atoms with Crippen molar-refractivity contribution in [3.05, 3.63) is 0 Å². The molecule has 0 aromatic rings. The van der Waals surface area contributed by atoms with Gasteiger partial charge in [-0.25, -0.2) is 0 Å². The molecule has 0 saturated carbocycles. The molecule has 9 heteroatoms. The fourth-order valence-corrected chi connectivity index (χ4v) is 2.22. The van der Waals surface area contributed by atoms with Crippen molar-refractivity contribution in [1.29, 1.82) is 0 Å². The summed E-state index contributed by atoms with van der Waals surface area (Å²) < 4.78 is -7.18. The molecule has 0 rings (SSSR count). The van der Waals surface area contributed by atoms with Gasteiger partial charge >= 0.3 is 0 Å². The van der Waals surface area contributed by atoms with Crippen molar-refractivity contribution in [2.24, 2.45) is 5.41 Å². The number of alkyl halides is 7. The second-order valence-corrected chi connectivity index (χ2v) is 9.86. The van der Waals surface area contributed by atoms with Gasteiger partial charge in [-0.3, -0.25) is 9.59 Å². The summed E-state index contributed by atoms with van der Waals surface area (Å²) in [5.41, 5.74) is -0.749. The minimum atomic E-state index is -2.44. The molecule has 0 radical (unpaired) electrons. The Bertz CT molecular complexity index is 376. The third-order valence-electron chi connectivity index (χ3n) is 2.26. The maximum atomic E-state index is 12.0. The molecule has 112 valence electrons. The zero-order valence-electron chi connectivity index (χ0n) is 10.2. The molecular formula is C10H11Cl7O2. The number of hydrogen-bond acceptors (Lipinski definition) is 2. The summed E-state index contributed by atoms with van der Waals surface area (Å²) in [5, 5.41) is 0. The highest BCUT2D eigenvalue weighted by Gasteiger charge is 2.63. The zero-order valence-corrected chi connectivity index (χ0v) is 15.5. The summed E-state index contributed by atoms with van der Waals surface area (Å²) in [6.45, 7) is 4.91. The lowest BCUT2D eigenvalue weighted by molar-refractivity contribution is -0.132. The normalized spacial score (nSPS) is 14.4. The van der Waals surface area contributed by atoms with Crippen LogP contribution in [0, 0.1) is 5.41 Å². The Hall–Kier alpha value is 1.37. The van der Waals surface area contributed by atoms with Gasteiger partial charge in [0.15, 0.2) is 5.78 Å². The molecule has 0 fully saturated rings. The van der Waals surface area contributed by atoms with Crippen LogP contribution < -0.4 is 0 Å². The van der Waals surface area contributed by atoms with Gasteiger partial charge in [0.2, 0.25) is 12.5 Å². The first-order valence-corrected chi connectivity index (χ1v) is 7.58. The molecule has 0 bridgehead atoms. The second-order valence-electron chi connectivity index (χ2n) is 4.92. The zero-order chi connectivity index (χ0) is 15.9. The highest BCUT2D eigenvalue weighted by Crippen LogP contribution is 2.56. The van der Waals surface area contributed by atoms with Crippen LogP contribution >= 0.6 is 81.2 Å². The molecule has 0 atom stereocenters. The van der Waals surface area contributed by atoms with Crippen LogP contribution in [0.25, 0.3) is 0 Å². The summed E-state index contributed by atoms with van der Waals surface area (Å²) in [7, 11) is 0. The van der Waals surface area contributed by atoms with Gasteiger partial charge in [-0.05, 0) is 0 Å². The molecule has 0 aliphatic rings. The Morgan fingerprint density at radius 2 is 1.16 bits per heavy atom. The van der Waals surface area contributed by atoms with Gasteiger partial charge in [-0.1, -0.05) is 102 Å². The summed E-state index contributed by atoms with van der Waals surface area (Å²) in [4.78, 5) is 23.8. The van der Waals surface area contributed by atoms with Crippen LogP contribution in [-0.2, 0) is 9.59 Å². The molecule has 0 aliphatic heterocycles. The SMILES string of the molecule is CC(C)(C)C(=O)CC(=O)C(Cl)(Cl)C(Cl)(Cl)C(Cl)(Cl)Cl. The van der Waals surface area contributed by atoms with Crippen LogP contribution in [0.1, 0.15) is 27.2 Å². The van der Waals surface area contributed by atoms with E-state index < -0.39 is 35.9 Å². The first kappa shape index (κ1) is 20.4. The molecule has 0 spiro atoms. The highest BCUT2D eigenvalue weighted by molar-refractivity contribution is 6.80. The predicted octanol–water partition coefficient (Wildman–Crippen LogP) is 5.28. The average molecular weight is 411 g/mol. The third-order valence-corrected chi connectivity index (χ3v) is 6.20. The third kappa shape index (κ3) is 4.67. The summed E-state index contributed by atoms with van der Waals surface area (Å²) in [5.74, 6) is -1.33. The number of Topliss-reactive ketones (excluding diaryl/α,β-unsaturated/α-hetero) is 2. The number of hydrogen-bond donors (Lipinski definition) is 0. The monoisotopic (exact) mass is 408 g/mol. The molecule has 0 N–H and O–H groups in total. The van der Waals surface area contributed by atoms with Crippen LogP contribution in [0.4, 0.5) is 0 Å². The van der Waals surface area contributed by atoms with Crippen molar-refractivity contribution in [2.45, 2.75) is 39.7 Å². The smallest absolute Gasteiger partial charge is 0.226 e. The van der Waals surface area contributed by atoms with Crippen LogP contribution in [-0.4, -0.2) is 24.0 Å². The molecule has 0 aromatic heterocycles. The van der Waals surface area contributed by atoms with Crippen LogP contribution in [0.5, 0.6) is 0 Å². The summed E-state index contributed by atoms with van der Waals surface area (Å²) in [6.07, 6.45) is -0.571. The fourth-order valence-electron chi connectivity index (χ4n) is 0.875. The van der Waals surface area contributed by atoms with Crippen molar-refractivity contribution in [3.8, 4) is 0 Å². The van der Waals surface area contributed by atoms with E-state index in [1.807, 2.05) is 0 Å². The minimum absolute atomic E-state index is 0.392. The molecule has 0 aromatic carbocycles. The lowest BCUT2D eigenvalue weighted by atomic mass is 9.87. The Morgan fingerprint density at radius 3 is 1.42 bits per heavy atom. The standard InChI is InChI=1S/C10H11Cl7O2/c1-7(2,3)5(18)4-6(19)8(11,12)9(13,14)10(15,16)17/h4H2,1-3H3. The van der Waals surface area contributed by atoms with E-state index in [1.165, 1.54) is 0 Å². The average Bonchev–Trinajstić information content (AvgIpc) is 2.13. The van der Waals surface area contributed by atoms with Gasteiger partial charge in [0, 0.05) is 5.41 Å². The lowest BCUT2D eigenvalue weighted by Gasteiger charge is -2.36. The Labute approximate surface area is 146 Å². The number of carbonyl (C=O) groups is 2. The maximum absolute atomic E-state index is 12.0. The molecule has 0 aliphatic carbocycles. The quantitative estimate of drug-likeness (QED) is 0.466. The van der Waals surface area contributed by atoms with Crippen LogP contribution in [0.15, 0.2) is 0 Å². The highest BCUT2D eigenvalue weighted by atomic mass is 35.6. The van der Waals surface area contributed by atoms with Crippen LogP contribution in [0.3, 0.4) is 0 Å². The van der Waals surface area contributed by atoms with E-state index in [0.29, 0.717) is 0 Å². The maximum Gasteiger partial charge on any atom is 0.226 e. The van der Waals surface area contributed by atoms with E-state index in [-0.39, 0.29) is 0 Å². The fraction of sp³-hybridized carbons (Fsp3) is 0.800. The van der Waals surface area contributed by atoms with Crippen molar-refractivity contribution < 1.29 is 9.59 Å². The van der Waals surface area contributed by atoms with E-state index in [0.717, 1.165) is 0 Å². The van der Waals surface area contributed by atoms with E-state index in [1.54, 1.807) is 20.8 Å². The minimum Gasteiger partial charge on any atom is -0.299 e. The van der Waals surface area contributed by atoms with Crippen molar-refractivity contribution in [3.63, 3.8) is 0 Å². The predicted molar refractivity (Wildman–Crippen MR) is 83.3 cm³/mol. The largest absolute Gasteiger partial charge is 0.299 e. The van der Waals surface area contributed by atoms with Crippen molar-refractivity contribution in [2.75, 3.05) is 0 Å². The number of ketones is 2. The van der Waals surface area contributed by atoms with Gasteiger partial charge in [0.05, 0.1) is 6.42 Å². The van der Waals surface area contributed by atoms with Gasteiger partial charge in [-0.15, -0.1) is 0 Å². The first-order valence-electron chi connectivity index (χ1n) is 4.94. The summed E-state index contributed by atoms with van der Waals surface area (Å²) >= 11 is 39.8. The van der Waals surface area contributed by atoms with Gasteiger partial charge < -0.3 is 0 Å². The molecule has 0 unspecified atom stereocenters. The van der Waals surface area contributed by atoms with Gasteiger partial charge in [0.25, 0.3) is 0 Å². The number of carbonyl (C=O) groups excluding carboxylic acids is 2. The Kier molecular flexibility index (Phi) is 6.69. The topological polar surface area (TPSA) is 34.1 Å². The Balaban J connectivity index is 5.25. The molecular weight excluding hydrogens is 400 g/mol. The Morgan fingerprint density at radius 1 is 0.789 bits per heavy atom. The number of rotatable bonds is 4. The van der Waals surface area contributed by atoms with E-state index in [2.05, 4.69) is 0 Å². The van der Waals surface area contributed by atoms with E-state index in [9.17, 15) is 9.59 Å². The van der Waals surface area contributed by atoms with Crippen molar-refractivity contribution in [1.82, 2.24) is 0 Å². The molecule has 0 heterocycles. The van der Waals surface area contributed by atoms with Crippen molar-refractivity contribution >= 4 is 92.8 Å². The second kappa shape index (κ2) is 6.24. The molecule has 2 nitrogen and oxygen atoms in total. The first-order chi connectivity index (χ1) is 8.05. The number of halogens is 7. The molecule has 19 heavy (non-hydrogen) atoms. The van der Waals surface area contributed by atoms with Gasteiger partial charge in [0.1, 0.15) is 5.78 Å². The van der Waals surface area contributed by atoms with E-state index in [4.69, 9.17) is 81.2 Å². The van der Waals surface area contributed by atoms with E-state index >= 15 is 0 Å². The molecule has 0 amide bonds.